The van der Waals surface area contributed by atoms with E-state index >= 15 is 0 Å². The summed E-state index contributed by atoms with van der Waals surface area (Å²) in [7, 11) is 1.55. The van der Waals surface area contributed by atoms with Crippen molar-refractivity contribution in [3.63, 3.8) is 0 Å². The maximum atomic E-state index is 12.5. The molecule has 1 aliphatic carbocycles. The molecule has 4 heteroatoms. The lowest BCUT2D eigenvalue weighted by Gasteiger charge is -2.51. The molecule has 1 aromatic heterocycles. The molecule has 0 amide bonds. The van der Waals surface area contributed by atoms with Crippen LogP contribution in [0, 0.1) is 23.7 Å². The lowest BCUT2D eigenvalue weighted by molar-refractivity contribution is -0.155. The maximum Gasteiger partial charge on any atom is 0.309 e. The molecule has 142 valence electrons. The summed E-state index contributed by atoms with van der Waals surface area (Å²) in [5.41, 5.74) is 4.15. The molecular weight excluding hydrogens is 324 g/mol. The van der Waals surface area contributed by atoms with Crippen molar-refractivity contribution in [1.29, 1.82) is 0 Å². The largest absolute Gasteiger partial charge is 0.469 e. The SMILES string of the molecule is COC(=O)C1[C@H]2C[C@H]3c4[nH]c5ccccc5c4CCN3CC2CC[C@@H]1C.[HH].[HH]. The molecule has 5 atom stereocenters. The van der Waals surface area contributed by atoms with Gasteiger partial charge in [0.15, 0.2) is 0 Å². The summed E-state index contributed by atoms with van der Waals surface area (Å²) in [6.07, 6.45) is 4.61. The first-order valence-corrected chi connectivity index (χ1v) is 10.1. The van der Waals surface area contributed by atoms with E-state index in [1.165, 1.54) is 28.6 Å². The number of piperidine rings is 1. The van der Waals surface area contributed by atoms with Crippen molar-refractivity contribution in [3.05, 3.63) is 35.5 Å². The predicted molar refractivity (Wildman–Crippen MR) is 106 cm³/mol. The predicted octanol–water partition coefficient (Wildman–Crippen LogP) is 4.41. The normalized spacial score (nSPS) is 34.0. The number of hydrogen-bond donors (Lipinski definition) is 1. The Balaban J connectivity index is 0.00000112. The smallest absolute Gasteiger partial charge is 0.309 e. The van der Waals surface area contributed by atoms with E-state index < -0.39 is 0 Å². The Labute approximate surface area is 157 Å². The fourth-order valence-electron chi connectivity index (χ4n) is 6.11. The van der Waals surface area contributed by atoms with Crippen LogP contribution in [0.4, 0.5) is 0 Å². The van der Waals surface area contributed by atoms with Crippen molar-refractivity contribution in [3.8, 4) is 0 Å². The number of aromatic nitrogens is 1. The van der Waals surface area contributed by atoms with Crippen LogP contribution >= 0.6 is 0 Å². The fraction of sp³-hybridized carbons (Fsp3) is 0.591. The molecule has 0 radical (unpaired) electrons. The average Bonchev–Trinajstić information content (AvgIpc) is 3.05. The zero-order valence-electron chi connectivity index (χ0n) is 15.7. The van der Waals surface area contributed by atoms with E-state index in [-0.39, 0.29) is 14.7 Å². The van der Waals surface area contributed by atoms with E-state index in [1.54, 1.807) is 7.11 Å². The number of methoxy groups -OCH3 is 1. The van der Waals surface area contributed by atoms with Gasteiger partial charge >= 0.3 is 5.97 Å². The third kappa shape index (κ3) is 2.34. The molecule has 1 saturated heterocycles. The molecule has 2 aromatic rings. The maximum absolute atomic E-state index is 12.5. The highest BCUT2D eigenvalue weighted by atomic mass is 16.5. The summed E-state index contributed by atoms with van der Waals surface area (Å²) >= 11 is 0. The number of carbonyl (C=O) groups is 1. The van der Waals surface area contributed by atoms with Crippen LogP contribution in [0.25, 0.3) is 10.9 Å². The third-order valence-electron chi connectivity index (χ3n) is 7.38. The van der Waals surface area contributed by atoms with Crippen LogP contribution in [0.3, 0.4) is 0 Å². The molecule has 3 heterocycles. The minimum Gasteiger partial charge on any atom is -0.469 e. The van der Waals surface area contributed by atoms with Gasteiger partial charge < -0.3 is 9.72 Å². The second-order valence-electron chi connectivity index (χ2n) is 8.59. The Morgan fingerprint density at radius 3 is 3.00 bits per heavy atom. The van der Waals surface area contributed by atoms with E-state index in [2.05, 4.69) is 41.1 Å². The van der Waals surface area contributed by atoms with Crippen molar-refractivity contribution in [1.82, 2.24) is 9.88 Å². The van der Waals surface area contributed by atoms with Crippen LogP contribution in [-0.4, -0.2) is 36.1 Å². The number of ether oxygens (including phenoxy) is 1. The summed E-state index contributed by atoms with van der Waals surface area (Å²) in [6.45, 7) is 4.50. The highest BCUT2D eigenvalue weighted by molar-refractivity contribution is 5.85. The Morgan fingerprint density at radius 1 is 1.31 bits per heavy atom. The van der Waals surface area contributed by atoms with E-state index in [1.807, 2.05) is 0 Å². The molecule has 2 unspecified atom stereocenters. The van der Waals surface area contributed by atoms with Crippen LogP contribution in [-0.2, 0) is 16.0 Å². The first kappa shape index (κ1) is 16.4. The monoisotopic (exact) mass is 356 g/mol. The second-order valence-corrected chi connectivity index (χ2v) is 8.59. The number of fused-ring (bicyclic) bond motifs is 6. The van der Waals surface area contributed by atoms with E-state index in [4.69, 9.17) is 4.74 Å². The first-order chi connectivity index (χ1) is 12.7. The van der Waals surface area contributed by atoms with Crippen molar-refractivity contribution in [2.24, 2.45) is 23.7 Å². The Hall–Kier alpha value is -1.81. The molecule has 1 aromatic carbocycles. The van der Waals surface area contributed by atoms with E-state index in [9.17, 15) is 4.79 Å². The summed E-state index contributed by atoms with van der Waals surface area (Å²) in [5.74, 6) is 1.59. The Morgan fingerprint density at radius 2 is 2.15 bits per heavy atom. The fourth-order valence-corrected chi connectivity index (χ4v) is 6.11. The second kappa shape index (κ2) is 6.12. The van der Waals surface area contributed by atoms with Gasteiger partial charge in [0.1, 0.15) is 0 Å². The minimum atomic E-state index is 0. The van der Waals surface area contributed by atoms with Crippen molar-refractivity contribution in [2.45, 2.75) is 38.6 Å². The molecule has 4 nitrogen and oxygen atoms in total. The lowest BCUT2D eigenvalue weighted by atomic mass is 9.62. The van der Waals surface area contributed by atoms with Gasteiger partial charge in [-0.25, -0.2) is 0 Å². The van der Waals surface area contributed by atoms with Gasteiger partial charge in [-0.2, -0.15) is 0 Å². The minimum absolute atomic E-state index is 0. The number of aromatic amines is 1. The number of esters is 1. The number of hydrogen-bond acceptors (Lipinski definition) is 3. The number of nitrogens with zero attached hydrogens (tertiary/aromatic N) is 1. The molecule has 2 fully saturated rings. The highest BCUT2D eigenvalue weighted by Crippen LogP contribution is 2.50. The van der Waals surface area contributed by atoms with Gasteiger partial charge in [-0.1, -0.05) is 25.1 Å². The molecule has 1 N–H and O–H groups in total. The summed E-state index contributed by atoms with van der Waals surface area (Å²) < 4.78 is 5.20. The Kier molecular flexibility index (Phi) is 3.85. The topological polar surface area (TPSA) is 45.3 Å². The molecule has 0 bridgehead atoms. The van der Waals surface area contributed by atoms with E-state index in [0.29, 0.717) is 23.8 Å². The summed E-state index contributed by atoms with van der Waals surface area (Å²) in [6, 6.07) is 9.09. The summed E-state index contributed by atoms with van der Waals surface area (Å²) in [4.78, 5) is 18.9. The number of rotatable bonds is 1. The highest BCUT2D eigenvalue weighted by Gasteiger charge is 2.48. The van der Waals surface area contributed by atoms with Crippen molar-refractivity contribution in [2.75, 3.05) is 20.2 Å². The number of benzene rings is 1. The third-order valence-corrected chi connectivity index (χ3v) is 7.38. The van der Waals surface area contributed by atoms with Gasteiger partial charge in [-0.05, 0) is 55.1 Å². The number of H-pyrrole nitrogens is 1. The van der Waals surface area contributed by atoms with E-state index in [0.717, 1.165) is 32.4 Å². The van der Waals surface area contributed by atoms with Crippen LogP contribution in [0.1, 0.15) is 46.3 Å². The zero-order chi connectivity index (χ0) is 17.8. The van der Waals surface area contributed by atoms with Gasteiger partial charge in [-0.3, -0.25) is 9.69 Å². The van der Waals surface area contributed by atoms with Crippen molar-refractivity contribution < 1.29 is 12.4 Å². The summed E-state index contributed by atoms with van der Waals surface area (Å²) in [5, 5.41) is 1.38. The van der Waals surface area contributed by atoms with Gasteiger partial charge in [0.05, 0.1) is 19.1 Å². The van der Waals surface area contributed by atoms with Crippen molar-refractivity contribution >= 4 is 16.9 Å². The quantitative estimate of drug-likeness (QED) is 0.770. The standard InChI is InChI=1S/C22H28N2O2.2H2/c1-13-7-8-14-12-24-10-9-16-15-5-3-4-6-18(15)23-21(16)19(24)11-17(14)20(13)22(25)26-2;;/h3-6,13-14,17,19-20,23H,7-12H2,1-2H3;2*1H/t13-,14?,17-,19-,20?;;/m0../s1. The number of nitrogens with one attached hydrogen (secondary N) is 1. The van der Waals surface area contributed by atoms with Crippen LogP contribution < -0.4 is 0 Å². The average molecular weight is 357 g/mol. The molecule has 2 aliphatic heterocycles. The Bertz CT molecular complexity index is 852. The van der Waals surface area contributed by atoms with Crippen LogP contribution in [0.5, 0.6) is 0 Å². The van der Waals surface area contributed by atoms with Crippen LogP contribution in [0.2, 0.25) is 0 Å². The molecular formula is C22H32N2O2. The number of carbonyl (C=O) groups excluding carboxylic acids is 1. The van der Waals surface area contributed by atoms with Gasteiger partial charge in [0.25, 0.3) is 0 Å². The molecule has 26 heavy (non-hydrogen) atoms. The van der Waals surface area contributed by atoms with Gasteiger partial charge in [0, 0.05) is 32.5 Å². The zero-order valence-corrected chi connectivity index (χ0v) is 15.7. The van der Waals surface area contributed by atoms with Crippen LogP contribution in [0.15, 0.2) is 24.3 Å². The van der Waals surface area contributed by atoms with Gasteiger partial charge in [0.2, 0.25) is 0 Å². The van der Waals surface area contributed by atoms with Gasteiger partial charge in [-0.15, -0.1) is 0 Å². The molecule has 5 rings (SSSR count). The molecule has 3 aliphatic rings. The molecule has 1 saturated carbocycles. The number of para-hydroxylation sites is 1. The lowest BCUT2D eigenvalue weighted by Crippen LogP contribution is -2.51. The first-order valence-electron chi connectivity index (χ1n) is 10.1. The molecule has 0 spiro atoms.